The van der Waals surface area contributed by atoms with Gasteiger partial charge in [0.1, 0.15) is 0 Å². The summed E-state index contributed by atoms with van der Waals surface area (Å²) in [5, 5.41) is 9.10. The lowest BCUT2D eigenvalue weighted by Crippen LogP contribution is -2.08. The van der Waals surface area contributed by atoms with Crippen molar-refractivity contribution in [1.29, 1.82) is 5.26 Å². The molecule has 1 aromatic rings. The summed E-state index contributed by atoms with van der Waals surface area (Å²) < 4.78 is 4.72. The first kappa shape index (κ1) is 10.7. The van der Waals surface area contributed by atoms with E-state index in [1.165, 1.54) is 7.11 Å². The summed E-state index contributed by atoms with van der Waals surface area (Å²) in [4.78, 5) is 11.5. The number of carbonyl (C=O) groups is 1. The van der Waals surface area contributed by atoms with E-state index in [9.17, 15) is 4.79 Å². The number of benzene rings is 1. The molecule has 1 aromatic carbocycles. The van der Waals surface area contributed by atoms with E-state index >= 15 is 0 Å². The first-order valence-electron chi connectivity index (χ1n) is 5.24. The average Bonchev–Trinajstić information content (AvgIpc) is 3.09. The molecule has 2 rings (SSSR count). The van der Waals surface area contributed by atoms with Crippen LogP contribution >= 0.6 is 0 Å². The van der Waals surface area contributed by atoms with Gasteiger partial charge in [-0.05, 0) is 37.0 Å². The van der Waals surface area contributed by atoms with Crippen LogP contribution in [-0.2, 0) is 10.2 Å². The Kier molecular flexibility index (Phi) is 2.43. The fourth-order valence-electron chi connectivity index (χ4n) is 1.84. The van der Waals surface area contributed by atoms with Crippen LogP contribution in [0.25, 0.3) is 0 Å². The largest absolute Gasteiger partial charge is 0.465 e. The van der Waals surface area contributed by atoms with E-state index in [1.54, 1.807) is 6.07 Å². The molecule has 0 aliphatic heterocycles. The fourth-order valence-corrected chi connectivity index (χ4v) is 1.84. The van der Waals surface area contributed by atoms with Crippen molar-refractivity contribution in [3.05, 3.63) is 34.9 Å². The van der Waals surface area contributed by atoms with Gasteiger partial charge in [-0.25, -0.2) is 4.79 Å². The van der Waals surface area contributed by atoms with Gasteiger partial charge in [0.15, 0.2) is 0 Å². The van der Waals surface area contributed by atoms with Gasteiger partial charge in [-0.1, -0.05) is 12.1 Å². The smallest absolute Gasteiger partial charge is 0.338 e. The van der Waals surface area contributed by atoms with Crippen molar-refractivity contribution >= 4 is 5.97 Å². The number of hydrogen-bond acceptors (Lipinski definition) is 3. The number of esters is 1. The Balaban J connectivity index is 2.45. The topological polar surface area (TPSA) is 50.1 Å². The zero-order chi connectivity index (χ0) is 11.8. The molecule has 0 N–H and O–H groups in total. The van der Waals surface area contributed by atoms with E-state index in [4.69, 9.17) is 10.00 Å². The summed E-state index contributed by atoms with van der Waals surface area (Å²) in [6.45, 7) is 1.86. The first-order chi connectivity index (χ1) is 7.63. The number of hydrogen-bond donors (Lipinski definition) is 0. The minimum Gasteiger partial charge on any atom is -0.465 e. The van der Waals surface area contributed by atoms with Crippen molar-refractivity contribution in [3.63, 3.8) is 0 Å². The maximum absolute atomic E-state index is 11.5. The molecule has 1 fully saturated rings. The molecule has 0 radical (unpaired) electrons. The molecule has 82 valence electrons. The fraction of sp³-hybridized carbons (Fsp3) is 0.385. The van der Waals surface area contributed by atoms with E-state index in [0.717, 1.165) is 24.0 Å². The number of methoxy groups -OCH3 is 1. The quantitative estimate of drug-likeness (QED) is 0.711. The van der Waals surface area contributed by atoms with Gasteiger partial charge in [0, 0.05) is 0 Å². The van der Waals surface area contributed by atoms with Crippen LogP contribution < -0.4 is 0 Å². The molecule has 0 unspecified atom stereocenters. The third kappa shape index (κ3) is 1.57. The molecule has 3 heteroatoms. The first-order valence-corrected chi connectivity index (χ1v) is 5.24. The minimum atomic E-state index is -0.351. The van der Waals surface area contributed by atoms with Crippen LogP contribution in [0, 0.1) is 18.3 Å². The highest BCUT2D eigenvalue weighted by Gasteiger charge is 2.45. The second-order valence-electron chi connectivity index (χ2n) is 4.22. The Hall–Kier alpha value is -1.82. The van der Waals surface area contributed by atoms with Gasteiger partial charge in [-0.2, -0.15) is 5.26 Å². The molecule has 0 bridgehead atoms. The maximum atomic E-state index is 11.5. The average molecular weight is 215 g/mol. The van der Waals surface area contributed by atoms with Crippen LogP contribution in [0.3, 0.4) is 0 Å². The summed E-state index contributed by atoms with van der Waals surface area (Å²) in [5.41, 5.74) is 2.02. The predicted molar refractivity (Wildman–Crippen MR) is 59.0 cm³/mol. The Morgan fingerprint density at radius 2 is 2.19 bits per heavy atom. The number of carbonyl (C=O) groups excluding carboxylic acids is 1. The molecule has 0 amide bonds. The molecular weight excluding hydrogens is 202 g/mol. The van der Waals surface area contributed by atoms with Gasteiger partial charge in [0.2, 0.25) is 0 Å². The highest BCUT2D eigenvalue weighted by atomic mass is 16.5. The number of rotatable bonds is 2. The van der Waals surface area contributed by atoms with Crippen molar-refractivity contribution in [2.75, 3.05) is 7.11 Å². The molecule has 0 atom stereocenters. The summed E-state index contributed by atoms with van der Waals surface area (Å²) in [7, 11) is 1.37. The number of ether oxygens (including phenoxy) is 1. The molecular formula is C13H13NO2. The van der Waals surface area contributed by atoms with Crippen LogP contribution in [0.15, 0.2) is 18.2 Å². The molecule has 1 aliphatic rings. The second-order valence-corrected chi connectivity index (χ2v) is 4.22. The van der Waals surface area contributed by atoms with Gasteiger partial charge < -0.3 is 4.74 Å². The third-order valence-electron chi connectivity index (χ3n) is 3.16. The van der Waals surface area contributed by atoms with Crippen molar-refractivity contribution in [3.8, 4) is 6.07 Å². The van der Waals surface area contributed by atoms with Crippen molar-refractivity contribution in [2.45, 2.75) is 25.2 Å². The summed E-state index contributed by atoms with van der Waals surface area (Å²) >= 11 is 0. The molecule has 0 saturated heterocycles. The molecule has 16 heavy (non-hydrogen) atoms. The van der Waals surface area contributed by atoms with Gasteiger partial charge in [-0.15, -0.1) is 0 Å². The standard InChI is InChI=1S/C13H13NO2/c1-9-3-4-10(13(8-14)5-6-13)7-11(9)12(15)16-2/h3-4,7H,5-6H2,1-2H3. The molecule has 0 spiro atoms. The highest BCUT2D eigenvalue weighted by Crippen LogP contribution is 2.47. The summed E-state index contributed by atoms with van der Waals surface area (Å²) in [6.07, 6.45) is 1.76. The zero-order valence-corrected chi connectivity index (χ0v) is 9.41. The van der Waals surface area contributed by atoms with Gasteiger partial charge in [0.05, 0.1) is 24.2 Å². The number of aryl methyl sites for hydroxylation is 1. The molecule has 0 heterocycles. The van der Waals surface area contributed by atoms with Crippen LogP contribution in [0.4, 0.5) is 0 Å². The van der Waals surface area contributed by atoms with E-state index in [2.05, 4.69) is 6.07 Å². The second kappa shape index (κ2) is 3.64. The Morgan fingerprint density at radius 1 is 1.50 bits per heavy atom. The summed E-state index contributed by atoms with van der Waals surface area (Å²) in [5.74, 6) is -0.340. The van der Waals surface area contributed by atoms with Gasteiger partial charge >= 0.3 is 5.97 Å². The van der Waals surface area contributed by atoms with Crippen molar-refractivity contribution in [1.82, 2.24) is 0 Å². The van der Waals surface area contributed by atoms with Crippen molar-refractivity contribution < 1.29 is 9.53 Å². The normalized spacial score (nSPS) is 16.3. The van der Waals surface area contributed by atoms with Crippen molar-refractivity contribution in [2.24, 2.45) is 0 Å². The van der Waals surface area contributed by atoms with Gasteiger partial charge in [0.25, 0.3) is 0 Å². The minimum absolute atomic E-state index is 0.340. The Bertz CT molecular complexity index is 481. The highest BCUT2D eigenvalue weighted by molar-refractivity contribution is 5.91. The predicted octanol–water partition coefficient (Wildman–Crippen LogP) is 2.34. The Labute approximate surface area is 94.6 Å². The molecule has 3 nitrogen and oxygen atoms in total. The molecule has 1 saturated carbocycles. The van der Waals surface area contributed by atoms with E-state index < -0.39 is 0 Å². The van der Waals surface area contributed by atoms with Gasteiger partial charge in [-0.3, -0.25) is 0 Å². The SMILES string of the molecule is COC(=O)c1cc(C2(C#N)CC2)ccc1C. The lowest BCUT2D eigenvalue weighted by Gasteiger charge is -2.10. The number of nitrogens with zero attached hydrogens (tertiary/aromatic N) is 1. The summed E-state index contributed by atoms with van der Waals surface area (Å²) in [6, 6.07) is 7.91. The number of nitriles is 1. The van der Waals surface area contributed by atoms with Crippen LogP contribution in [0.5, 0.6) is 0 Å². The molecule has 0 aromatic heterocycles. The molecule has 1 aliphatic carbocycles. The lowest BCUT2D eigenvalue weighted by atomic mass is 9.94. The van der Waals surface area contributed by atoms with Crippen LogP contribution in [0.1, 0.15) is 34.3 Å². The maximum Gasteiger partial charge on any atom is 0.338 e. The van der Waals surface area contributed by atoms with E-state index in [0.29, 0.717) is 5.56 Å². The lowest BCUT2D eigenvalue weighted by molar-refractivity contribution is 0.0600. The monoisotopic (exact) mass is 215 g/mol. The van der Waals surface area contributed by atoms with Crippen LogP contribution in [-0.4, -0.2) is 13.1 Å². The van der Waals surface area contributed by atoms with E-state index in [1.807, 2.05) is 19.1 Å². The Morgan fingerprint density at radius 3 is 2.69 bits per heavy atom. The zero-order valence-electron chi connectivity index (χ0n) is 9.41. The third-order valence-corrected chi connectivity index (χ3v) is 3.16. The van der Waals surface area contributed by atoms with Crippen LogP contribution in [0.2, 0.25) is 0 Å². The van der Waals surface area contributed by atoms with E-state index in [-0.39, 0.29) is 11.4 Å².